The van der Waals surface area contributed by atoms with Crippen LogP contribution in [-0.2, 0) is 16.4 Å². The van der Waals surface area contributed by atoms with Crippen molar-refractivity contribution in [3.8, 4) is 0 Å². The number of nitrogens with zero attached hydrogens (tertiary/aromatic N) is 1. The molecule has 0 aliphatic carbocycles. The predicted molar refractivity (Wildman–Crippen MR) is 78.6 cm³/mol. The van der Waals surface area contributed by atoms with Gasteiger partial charge in [0.2, 0.25) is 0 Å². The minimum atomic E-state index is -0.541. The van der Waals surface area contributed by atoms with Gasteiger partial charge in [0.1, 0.15) is 5.82 Å². The van der Waals surface area contributed by atoms with Gasteiger partial charge in [-0.15, -0.1) is 0 Å². The molecule has 3 rings (SSSR count). The van der Waals surface area contributed by atoms with Gasteiger partial charge in [-0.1, -0.05) is 0 Å². The number of benzene rings is 1. The third-order valence-corrected chi connectivity index (χ3v) is 4.51. The van der Waals surface area contributed by atoms with Crippen LogP contribution in [0.5, 0.6) is 0 Å². The first kappa shape index (κ1) is 13.6. The van der Waals surface area contributed by atoms with E-state index in [1.54, 1.807) is 0 Å². The summed E-state index contributed by atoms with van der Waals surface area (Å²) in [5.74, 6) is -0.274. The summed E-state index contributed by atoms with van der Waals surface area (Å²) >= 11 is 0. The van der Waals surface area contributed by atoms with Crippen molar-refractivity contribution in [1.29, 1.82) is 0 Å². The van der Waals surface area contributed by atoms with Gasteiger partial charge in [-0.25, -0.2) is 4.39 Å². The molecule has 0 spiro atoms. The van der Waals surface area contributed by atoms with E-state index in [4.69, 9.17) is 9.31 Å². The van der Waals surface area contributed by atoms with E-state index < -0.39 is 18.3 Å². The molecule has 0 atom stereocenters. The first-order chi connectivity index (χ1) is 9.21. The molecule has 1 aromatic heterocycles. The maximum atomic E-state index is 13.9. The summed E-state index contributed by atoms with van der Waals surface area (Å²) < 4.78 is 27.8. The van der Waals surface area contributed by atoms with E-state index >= 15 is 0 Å². The fourth-order valence-corrected chi connectivity index (χ4v) is 2.53. The smallest absolute Gasteiger partial charge is 0.399 e. The average Bonchev–Trinajstić information content (AvgIpc) is 2.78. The molecule has 106 valence electrons. The number of hydrogen-bond donors (Lipinski definition) is 0. The summed E-state index contributed by atoms with van der Waals surface area (Å²) in [6, 6.07) is 5.00. The molecule has 1 aliphatic heterocycles. The second kappa shape index (κ2) is 4.09. The summed E-state index contributed by atoms with van der Waals surface area (Å²) in [6.45, 7) is 7.98. The lowest BCUT2D eigenvalue weighted by Gasteiger charge is -2.32. The first-order valence-electron chi connectivity index (χ1n) is 6.81. The molecule has 0 bridgehead atoms. The van der Waals surface area contributed by atoms with Crippen molar-refractivity contribution in [3.05, 3.63) is 30.2 Å². The lowest BCUT2D eigenvalue weighted by atomic mass is 9.77. The van der Waals surface area contributed by atoms with Crippen LogP contribution in [0.15, 0.2) is 24.4 Å². The van der Waals surface area contributed by atoms with Crippen molar-refractivity contribution in [2.45, 2.75) is 38.9 Å². The quantitative estimate of drug-likeness (QED) is 0.747. The van der Waals surface area contributed by atoms with Crippen LogP contribution in [0, 0.1) is 5.82 Å². The summed E-state index contributed by atoms with van der Waals surface area (Å²) in [5, 5.41) is 0.965. The van der Waals surface area contributed by atoms with Gasteiger partial charge in [0, 0.05) is 13.2 Å². The molecular weight excluding hydrogens is 256 g/mol. The molecule has 1 aliphatic rings. The third-order valence-electron chi connectivity index (χ3n) is 4.51. The van der Waals surface area contributed by atoms with Gasteiger partial charge < -0.3 is 13.9 Å². The molecule has 5 heteroatoms. The summed E-state index contributed by atoms with van der Waals surface area (Å²) in [7, 11) is 1.36. The predicted octanol–water partition coefficient (Wildman–Crippen LogP) is 2.62. The minimum Gasteiger partial charge on any atom is -0.399 e. The highest BCUT2D eigenvalue weighted by Gasteiger charge is 2.52. The molecule has 1 aromatic carbocycles. The Labute approximate surface area is 118 Å². The molecule has 0 amide bonds. The standard InChI is InChI=1S/C15H19BFNO2/c1-14(2)15(3,4)20-16(19-14)12-8-10(17)9-13-11(12)6-7-18(13)5/h6-9H,1-5H3. The lowest BCUT2D eigenvalue weighted by molar-refractivity contribution is 0.00578. The van der Waals surface area contributed by atoms with Gasteiger partial charge in [-0.05, 0) is 56.7 Å². The highest BCUT2D eigenvalue weighted by Crippen LogP contribution is 2.37. The molecule has 1 fully saturated rings. The monoisotopic (exact) mass is 275 g/mol. The molecular formula is C15H19BFNO2. The largest absolute Gasteiger partial charge is 0.495 e. The van der Waals surface area contributed by atoms with Crippen LogP contribution in [0.3, 0.4) is 0 Å². The fraction of sp³-hybridized carbons (Fsp3) is 0.467. The highest BCUT2D eigenvalue weighted by atomic mass is 19.1. The molecule has 0 N–H and O–H groups in total. The molecule has 0 unspecified atom stereocenters. The van der Waals surface area contributed by atoms with Crippen LogP contribution in [0.2, 0.25) is 0 Å². The van der Waals surface area contributed by atoms with Crippen molar-refractivity contribution in [1.82, 2.24) is 4.57 Å². The van der Waals surface area contributed by atoms with Crippen molar-refractivity contribution in [2.24, 2.45) is 7.05 Å². The zero-order chi connectivity index (χ0) is 14.7. The minimum absolute atomic E-state index is 0.274. The molecule has 2 aromatic rings. The Hall–Kier alpha value is -1.33. The van der Waals surface area contributed by atoms with Gasteiger partial charge >= 0.3 is 7.12 Å². The number of fused-ring (bicyclic) bond motifs is 1. The zero-order valence-corrected chi connectivity index (χ0v) is 12.5. The number of hydrogen-bond acceptors (Lipinski definition) is 2. The van der Waals surface area contributed by atoms with Gasteiger partial charge in [0.15, 0.2) is 0 Å². The number of aryl methyl sites for hydroxylation is 1. The van der Waals surface area contributed by atoms with Crippen molar-refractivity contribution >= 4 is 23.5 Å². The number of rotatable bonds is 1. The topological polar surface area (TPSA) is 23.4 Å². The van der Waals surface area contributed by atoms with E-state index in [9.17, 15) is 4.39 Å². The maximum absolute atomic E-state index is 13.9. The lowest BCUT2D eigenvalue weighted by Crippen LogP contribution is -2.41. The Morgan fingerprint density at radius 2 is 1.70 bits per heavy atom. The Bertz CT molecular complexity index is 662. The Balaban J connectivity index is 2.12. The molecule has 2 heterocycles. The average molecular weight is 275 g/mol. The molecule has 0 saturated carbocycles. The Kier molecular flexibility index (Phi) is 2.79. The number of halogens is 1. The highest BCUT2D eigenvalue weighted by molar-refractivity contribution is 6.65. The van der Waals surface area contributed by atoms with Crippen LogP contribution in [0.1, 0.15) is 27.7 Å². The normalized spacial score (nSPS) is 20.8. The molecule has 1 saturated heterocycles. The van der Waals surface area contributed by atoms with Gasteiger partial charge in [0.05, 0.1) is 16.7 Å². The summed E-state index contributed by atoms with van der Waals surface area (Å²) in [5.41, 5.74) is 0.741. The van der Waals surface area contributed by atoms with Gasteiger partial charge in [-0.3, -0.25) is 0 Å². The van der Waals surface area contributed by atoms with E-state index in [1.165, 1.54) is 12.1 Å². The van der Waals surface area contributed by atoms with E-state index in [0.29, 0.717) is 0 Å². The molecule has 20 heavy (non-hydrogen) atoms. The SMILES string of the molecule is Cn1ccc2c(B3OC(C)(C)C(C)(C)O3)cc(F)cc21. The second-order valence-corrected chi connectivity index (χ2v) is 6.44. The van der Waals surface area contributed by atoms with Crippen LogP contribution < -0.4 is 5.46 Å². The molecule has 0 radical (unpaired) electrons. The van der Waals surface area contributed by atoms with Crippen LogP contribution in [0.25, 0.3) is 10.9 Å². The Morgan fingerprint density at radius 3 is 2.30 bits per heavy atom. The van der Waals surface area contributed by atoms with Crippen molar-refractivity contribution in [3.63, 3.8) is 0 Å². The van der Waals surface area contributed by atoms with Gasteiger partial charge in [-0.2, -0.15) is 0 Å². The third kappa shape index (κ3) is 1.88. The summed E-state index contributed by atoms with van der Waals surface area (Å²) in [6.07, 6.45) is 1.92. The van der Waals surface area contributed by atoms with Crippen LogP contribution in [-0.4, -0.2) is 22.9 Å². The maximum Gasteiger partial charge on any atom is 0.495 e. The van der Waals surface area contributed by atoms with Gasteiger partial charge in [0.25, 0.3) is 0 Å². The fourth-order valence-electron chi connectivity index (χ4n) is 2.53. The second-order valence-electron chi connectivity index (χ2n) is 6.44. The zero-order valence-electron chi connectivity index (χ0n) is 12.5. The van der Waals surface area contributed by atoms with E-state index in [-0.39, 0.29) is 5.82 Å². The van der Waals surface area contributed by atoms with Crippen LogP contribution in [0.4, 0.5) is 4.39 Å². The summed E-state index contributed by atoms with van der Waals surface area (Å²) in [4.78, 5) is 0. The molecule has 3 nitrogen and oxygen atoms in total. The number of aromatic nitrogens is 1. The van der Waals surface area contributed by atoms with E-state index in [2.05, 4.69) is 0 Å². The van der Waals surface area contributed by atoms with E-state index in [0.717, 1.165) is 16.4 Å². The first-order valence-corrected chi connectivity index (χ1v) is 6.81. The van der Waals surface area contributed by atoms with E-state index in [1.807, 2.05) is 51.6 Å². The van der Waals surface area contributed by atoms with Crippen molar-refractivity contribution < 1.29 is 13.7 Å². The van der Waals surface area contributed by atoms with Crippen LogP contribution >= 0.6 is 0 Å². The van der Waals surface area contributed by atoms with Crippen molar-refractivity contribution in [2.75, 3.05) is 0 Å². The Morgan fingerprint density at radius 1 is 1.10 bits per heavy atom.